The number of carbonyl (C=O) groups is 2. The number of aryl methyl sites for hydroxylation is 1. The van der Waals surface area contributed by atoms with E-state index in [0.717, 1.165) is 36.4 Å². The number of methoxy groups -OCH3 is 1. The summed E-state index contributed by atoms with van der Waals surface area (Å²) in [5.74, 6) is -1.01. The van der Waals surface area contributed by atoms with Crippen LogP contribution in [0.5, 0.6) is 0 Å². The van der Waals surface area contributed by atoms with Crippen LogP contribution < -0.4 is 5.32 Å². The monoisotopic (exact) mass is 269 g/mol. The number of anilines is 1. The fourth-order valence-electron chi connectivity index (χ4n) is 1.09. The quantitative estimate of drug-likeness (QED) is 0.626. The van der Waals surface area contributed by atoms with Crippen LogP contribution in [0.15, 0.2) is 12.2 Å². The molecule has 0 radical (unpaired) electrons. The Bertz CT molecular complexity index is 442. The molecule has 1 rings (SSSR count). The van der Waals surface area contributed by atoms with E-state index in [9.17, 15) is 9.59 Å². The minimum absolute atomic E-state index is 0.431. The molecule has 7 heteroatoms. The maximum absolute atomic E-state index is 11.4. The Balaban J connectivity index is 2.47. The number of rotatable bonds is 6. The van der Waals surface area contributed by atoms with Crippen molar-refractivity contribution in [2.45, 2.75) is 26.2 Å². The Labute approximate surface area is 109 Å². The number of carbonyl (C=O) groups excluding carboxylic acids is 2. The summed E-state index contributed by atoms with van der Waals surface area (Å²) >= 11 is 1.34. The highest BCUT2D eigenvalue weighted by atomic mass is 32.1. The van der Waals surface area contributed by atoms with Crippen LogP contribution >= 0.6 is 11.3 Å². The lowest BCUT2D eigenvalue weighted by molar-refractivity contribution is -0.135. The molecule has 0 aliphatic heterocycles. The van der Waals surface area contributed by atoms with E-state index >= 15 is 0 Å². The molecule has 1 amide bonds. The molecule has 6 nitrogen and oxygen atoms in total. The van der Waals surface area contributed by atoms with Crippen LogP contribution in [0.2, 0.25) is 0 Å². The zero-order valence-corrected chi connectivity index (χ0v) is 11.1. The van der Waals surface area contributed by atoms with Crippen molar-refractivity contribution in [2.75, 3.05) is 12.4 Å². The number of ether oxygens (including phenoxy) is 1. The standard InChI is InChI=1S/C11H15N3O3S/c1-3-4-5-9-13-14-11(18-9)12-8(15)6-7-10(16)17-2/h6-7H,3-5H2,1-2H3,(H,12,14,15)/b7-6+. The number of esters is 1. The van der Waals surface area contributed by atoms with Gasteiger partial charge in [0, 0.05) is 18.6 Å². The topological polar surface area (TPSA) is 81.2 Å². The van der Waals surface area contributed by atoms with Gasteiger partial charge in [-0.15, -0.1) is 10.2 Å². The number of unbranched alkanes of at least 4 members (excludes halogenated alkanes) is 1. The van der Waals surface area contributed by atoms with Crippen LogP contribution in [0.4, 0.5) is 5.13 Å². The Kier molecular flexibility index (Phi) is 5.99. The second kappa shape index (κ2) is 7.54. The fraction of sp³-hybridized carbons (Fsp3) is 0.455. The molecule has 0 bridgehead atoms. The molecule has 18 heavy (non-hydrogen) atoms. The molecule has 1 heterocycles. The summed E-state index contributed by atoms with van der Waals surface area (Å²) in [4.78, 5) is 22.2. The van der Waals surface area contributed by atoms with Crippen LogP contribution in [-0.2, 0) is 20.7 Å². The van der Waals surface area contributed by atoms with E-state index in [1.807, 2.05) is 0 Å². The van der Waals surface area contributed by atoms with Crippen molar-refractivity contribution in [3.63, 3.8) is 0 Å². The molecule has 0 atom stereocenters. The third-order valence-corrected chi connectivity index (χ3v) is 2.91. The van der Waals surface area contributed by atoms with Crippen LogP contribution in [0.25, 0.3) is 0 Å². The summed E-state index contributed by atoms with van der Waals surface area (Å²) in [6.07, 6.45) is 5.14. The zero-order valence-electron chi connectivity index (χ0n) is 10.3. The van der Waals surface area contributed by atoms with E-state index in [1.54, 1.807) is 0 Å². The van der Waals surface area contributed by atoms with Gasteiger partial charge in [0.1, 0.15) is 5.01 Å². The van der Waals surface area contributed by atoms with E-state index in [4.69, 9.17) is 0 Å². The second-order valence-electron chi connectivity index (χ2n) is 3.45. The fourth-order valence-corrected chi connectivity index (χ4v) is 1.88. The minimum Gasteiger partial charge on any atom is -0.466 e. The summed E-state index contributed by atoms with van der Waals surface area (Å²) in [6.45, 7) is 2.10. The van der Waals surface area contributed by atoms with E-state index in [2.05, 4.69) is 27.2 Å². The smallest absolute Gasteiger partial charge is 0.330 e. The number of nitrogens with zero attached hydrogens (tertiary/aromatic N) is 2. The Morgan fingerprint density at radius 3 is 2.83 bits per heavy atom. The molecule has 0 spiro atoms. The molecule has 0 aromatic carbocycles. The maximum Gasteiger partial charge on any atom is 0.330 e. The molecule has 0 aliphatic rings. The van der Waals surface area contributed by atoms with Gasteiger partial charge >= 0.3 is 5.97 Å². The molecular weight excluding hydrogens is 254 g/mol. The molecule has 0 saturated heterocycles. The van der Waals surface area contributed by atoms with Crippen LogP contribution in [-0.4, -0.2) is 29.2 Å². The molecule has 0 unspecified atom stereocenters. The van der Waals surface area contributed by atoms with Crippen LogP contribution in [0.1, 0.15) is 24.8 Å². The molecule has 98 valence electrons. The highest BCUT2D eigenvalue weighted by molar-refractivity contribution is 7.15. The SMILES string of the molecule is CCCCc1nnc(NC(=O)/C=C/C(=O)OC)s1. The van der Waals surface area contributed by atoms with Gasteiger partial charge in [-0.3, -0.25) is 10.1 Å². The summed E-state index contributed by atoms with van der Waals surface area (Å²) in [7, 11) is 1.25. The minimum atomic E-state index is -0.578. The lowest BCUT2D eigenvalue weighted by Gasteiger charge is -1.94. The highest BCUT2D eigenvalue weighted by Gasteiger charge is 2.06. The summed E-state index contributed by atoms with van der Waals surface area (Å²) in [6, 6.07) is 0. The predicted molar refractivity (Wildman–Crippen MR) is 68.3 cm³/mol. The maximum atomic E-state index is 11.4. The second-order valence-corrected chi connectivity index (χ2v) is 4.51. The molecule has 0 saturated carbocycles. The van der Waals surface area contributed by atoms with Crippen molar-refractivity contribution in [1.29, 1.82) is 0 Å². The normalized spacial score (nSPS) is 10.6. The third kappa shape index (κ3) is 5.05. The Morgan fingerprint density at radius 1 is 1.39 bits per heavy atom. The van der Waals surface area contributed by atoms with Gasteiger partial charge in [-0.1, -0.05) is 24.7 Å². The number of aromatic nitrogens is 2. The lowest BCUT2D eigenvalue weighted by atomic mass is 10.3. The third-order valence-electron chi connectivity index (χ3n) is 2.01. The first-order chi connectivity index (χ1) is 8.65. The van der Waals surface area contributed by atoms with Crippen molar-refractivity contribution < 1.29 is 14.3 Å². The molecular formula is C11H15N3O3S. The zero-order chi connectivity index (χ0) is 13.4. The Hall–Kier alpha value is -1.76. The number of hydrogen-bond donors (Lipinski definition) is 1. The molecule has 0 fully saturated rings. The van der Waals surface area contributed by atoms with E-state index in [1.165, 1.54) is 18.4 Å². The van der Waals surface area contributed by atoms with Gasteiger partial charge < -0.3 is 4.74 Å². The molecule has 0 aliphatic carbocycles. The number of nitrogens with one attached hydrogen (secondary N) is 1. The molecule has 1 aromatic heterocycles. The van der Waals surface area contributed by atoms with Crippen molar-refractivity contribution in [1.82, 2.24) is 10.2 Å². The first kappa shape index (κ1) is 14.3. The first-order valence-electron chi connectivity index (χ1n) is 5.55. The largest absolute Gasteiger partial charge is 0.466 e. The van der Waals surface area contributed by atoms with Crippen molar-refractivity contribution in [2.24, 2.45) is 0 Å². The average molecular weight is 269 g/mol. The summed E-state index contributed by atoms with van der Waals surface area (Å²) in [5, 5.41) is 11.7. The summed E-state index contributed by atoms with van der Waals surface area (Å²) in [5.41, 5.74) is 0. The van der Waals surface area contributed by atoms with Crippen LogP contribution in [0.3, 0.4) is 0 Å². The average Bonchev–Trinajstić information content (AvgIpc) is 2.81. The van der Waals surface area contributed by atoms with Gasteiger partial charge in [0.2, 0.25) is 11.0 Å². The highest BCUT2D eigenvalue weighted by Crippen LogP contribution is 2.16. The molecule has 1 aromatic rings. The van der Waals surface area contributed by atoms with Gasteiger partial charge in [-0.05, 0) is 6.42 Å². The van der Waals surface area contributed by atoms with E-state index in [-0.39, 0.29) is 0 Å². The van der Waals surface area contributed by atoms with Gasteiger partial charge in [0.25, 0.3) is 0 Å². The van der Waals surface area contributed by atoms with Crippen molar-refractivity contribution >= 4 is 28.3 Å². The van der Waals surface area contributed by atoms with Gasteiger partial charge in [0.05, 0.1) is 7.11 Å². The van der Waals surface area contributed by atoms with Crippen molar-refractivity contribution in [3.05, 3.63) is 17.2 Å². The Morgan fingerprint density at radius 2 is 2.17 bits per heavy atom. The predicted octanol–water partition coefficient (Wildman–Crippen LogP) is 1.55. The van der Waals surface area contributed by atoms with Gasteiger partial charge in [-0.2, -0.15) is 0 Å². The number of hydrogen-bond acceptors (Lipinski definition) is 6. The summed E-state index contributed by atoms with van der Waals surface area (Å²) < 4.78 is 4.37. The van der Waals surface area contributed by atoms with E-state index in [0.29, 0.717) is 5.13 Å². The van der Waals surface area contributed by atoms with Gasteiger partial charge in [-0.25, -0.2) is 4.79 Å². The first-order valence-corrected chi connectivity index (χ1v) is 6.36. The lowest BCUT2D eigenvalue weighted by Crippen LogP contribution is -2.08. The van der Waals surface area contributed by atoms with E-state index < -0.39 is 11.9 Å². The molecule has 1 N–H and O–H groups in total. The number of amides is 1. The van der Waals surface area contributed by atoms with Crippen molar-refractivity contribution in [3.8, 4) is 0 Å². The van der Waals surface area contributed by atoms with Crippen LogP contribution in [0, 0.1) is 0 Å². The van der Waals surface area contributed by atoms with Gasteiger partial charge in [0.15, 0.2) is 0 Å².